The summed E-state index contributed by atoms with van der Waals surface area (Å²) in [6, 6.07) is 7.69. The van der Waals surface area contributed by atoms with Gasteiger partial charge in [-0.1, -0.05) is 0 Å². The number of methoxy groups -OCH3 is 1. The zero-order valence-electron chi connectivity index (χ0n) is 17.2. The third-order valence-electron chi connectivity index (χ3n) is 4.68. The molecule has 28 heavy (non-hydrogen) atoms. The van der Waals surface area contributed by atoms with Crippen molar-refractivity contribution < 1.29 is 19.0 Å². The first-order chi connectivity index (χ1) is 13.1. The lowest BCUT2D eigenvalue weighted by Gasteiger charge is -2.25. The first-order valence-electron chi connectivity index (χ1n) is 9.25. The van der Waals surface area contributed by atoms with E-state index >= 15 is 0 Å². The number of halogens is 1. The molecule has 0 N–H and O–H groups in total. The van der Waals surface area contributed by atoms with Crippen molar-refractivity contribution in [3.8, 4) is 17.2 Å². The molecular formula is C22H26BrNO4. The predicted molar refractivity (Wildman–Crippen MR) is 114 cm³/mol. The van der Waals surface area contributed by atoms with Crippen LogP contribution in [0.5, 0.6) is 17.2 Å². The van der Waals surface area contributed by atoms with Gasteiger partial charge in [-0.3, -0.25) is 4.90 Å². The van der Waals surface area contributed by atoms with Gasteiger partial charge in [-0.2, -0.15) is 0 Å². The number of nitrogens with zero attached hydrogens (tertiary/aromatic N) is 1. The Morgan fingerprint density at radius 3 is 2.46 bits per heavy atom. The van der Waals surface area contributed by atoms with E-state index in [1.165, 1.54) is 0 Å². The Hall–Kier alpha value is -2.21. The van der Waals surface area contributed by atoms with Gasteiger partial charge in [0.2, 0.25) is 0 Å². The molecule has 0 radical (unpaired) electrons. The lowest BCUT2D eigenvalue weighted by molar-refractivity contribution is 0.0584. The smallest absolute Gasteiger partial charge is 0.414 e. The molecule has 0 atom stereocenters. The van der Waals surface area contributed by atoms with Gasteiger partial charge in [0.1, 0.15) is 22.8 Å². The summed E-state index contributed by atoms with van der Waals surface area (Å²) < 4.78 is 18.0. The zero-order valence-corrected chi connectivity index (χ0v) is 18.8. The highest BCUT2D eigenvalue weighted by atomic mass is 79.9. The summed E-state index contributed by atoms with van der Waals surface area (Å²) in [6.45, 7) is 10.3. The predicted octanol–water partition coefficient (Wildman–Crippen LogP) is 6.16. The maximum absolute atomic E-state index is 12.5. The van der Waals surface area contributed by atoms with E-state index in [-0.39, 0.29) is 6.09 Å². The maximum Gasteiger partial charge on any atom is 0.414 e. The molecule has 2 aromatic rings. The molecule has 0 saturated carbocycles. The van der Waals surface area contributed by atoms with Gasteiger partial charge in [0.25, 0.3) is 0 Å². The van der Waals surface area contributed by atoms with Gasteiger partial charge >= 0.3 is 6.09 Å². The second kappa shape index (κ2) is 7.66. The molecule has 5 nitrogen and oxygen atoms in total. The molecule has 3 rings (SSSR count). The second-order valence-electron chi connectivity index (χ2n) is 7.92. The van der Waals surface area contributed by atoms with Crippen molar-refractivity contribution in [3.63, 3.8) is 0 Å². The Morgan fingerprint density at radius 2 is 1.82 bits per heavy atom. The van der Waals surface area contributed by atoms with Crippen LogP contribution in [0.3, 0.4) is 0 Å². The number of anilines is 1. The van der Waals surface area contributed by atoms with Crippen molar-refractivity contribution in [3.05, 3.63) is 45.4 Å². The molecule has 6 heteroatoms. The Bertz CT molecular complexity index is 918. The molecule has 0 aliphatic carbocycles. The van der Waals surface area contributed by atoms with Gasteiger partial charge in [0, 0.05) is 12.6 Å². The molecule has 1 aliphatic heterocycles. The monoisotopic (exact) mass is 447 g/mol. The molecule has 0 fully saturated rings. The van der Waals surface area contributed by atoms with Gasteiger partial charge in [-0.25, -0.2) is 4.79 Å². The number of carbonyl (C=O) groups is 1. The highest BCUT2D eigenvalue weighted by Gasteiger charge is 2.30. The Kier molecular flexibility index (Phi) is 5.62. The number of carbonyl (C=O) groups excluding carboxylic acids is 1. The van der Waals surface area contributed by atoms with E-state index in [4.69, 9.17) is 14.2 Å². The van der Waals surface area contributed by atoms with Crippen LogP contribution in [-0.4, -0.2) is 25.3 Å². The molecule has 0 bridgehead atoms. The van der Waals surface area contributed by atoms with Crippen LogP contribution in [0.4, 0.5) is 10.5 Å². The first-order valence-corrected chi connectivity index (χ1v) is 10.0. The minimum Gasteiger partial charge on any atom is -0.495 e. The molecule has 0 aromatic heterocycles. The minimum atomic E-state index is -0.518. The van der Waals surface area contributed by atoms with Gasteiger partial charge in [-0.15, -0.1) is 0 Å². The number of benzene rings is 2. The van der Waals surface area contributed by atoms with Crippen LogP contribution in [0.15, 0.2) is 28.7 Å². The summed E-state index contributed by atoms with van der Waals surface area (Å²) >= 11 is 3.49. The fourth-order valence-electron chi connectivity index (χ4n) is 3.27. The van der Waals surface area contributed by atoms with E-state index in [2.05, 4.69) is 15.9 Å². The van der Waals surface area contributed by atoms with E-state index in [1.54, 1.807) is 12.0 Å². The summed E-state index contributed by atoms with van der Waals surface area (Å²) in [5, 5.41) is 0. The highest BCUT2D eigenvalue weighted by molar-refractivity contribution is 9.10. The lowest BCUT2D eigenvalue weighted by Crippen LogP contribution is -2.35. The number of hydrogen-bond acceptors (Lipinski definition) is 4. The van der Waals surface area contributed by atoms with Crippen LogP contribution < -0.4 is 14.4 Å². The van der Waals surface area contributed by atoms with Crippen LogP contribution in [0.1, 0.15) is 37.5 Å². The number of ether oxygens (including phenoxy) is 3. The fraction of sp³-hybridized carbons (Fsp3) is 0.409. The summed E-state index contributed by atoms with van der Waals surface area (Å²) in [5.41, 5.74) is 3.53. The van der Waals surface area contributed by atoms with Gasteiger partial charge < -0.3 is 14.2 Å². The number of amides is 1. The van der Waals surface area contributed by atoms with E-state index in [0.29, 0.717) is 6.54 Å². The van der Waals surface area contributed by atoms with Crippen molar-refractivity contribution in [2.24, 2.45) is 0 Å². The van der Waals surface area contributed by atoms with Crippen molar-refractivity contribution in [1.29, 1.82) is 0 Å². The lowest BCUT2D eigenvalue weighted by atomic mass is 10.1. The van der Waals surface area contributed by atoms with Crippen LogP contribution in [-0.2, 0) is 11.2 Å². The molecule has 1 aliphatic rings. The van der Waals surface area contributed by atoms with Crippen molar-refractivity contribution >= 4 is 27.7 Å². The SMILES string of the molecule is COc1cc(Oc2ccc3c(c2C)CCN3C(=O)OC(C)(C)C)c(C)cc1Br. The Morgan fingerprint density at radius 1 is 1.11 bits per heavy atom. The van der Waals surface area contributed by atoms with E-state index in [9.17, 15) is 4.79 Å². The first kappa shape index (κ1) is 20.5. The second-order valence-corrected chi connectivity index (χ2v) is 8.78. The third kappa shape index (κ3) is 4.12. The van der Waals surface area contributed by atoms with Crippen LogP contribution in [0, 0.1) is 13.8 Å². The number of aryl methyl sites for hydroxylation is 1. The van der Waals surface area contributed by atoms with Crippen LogP contribution in [0.25, 0.3) is 0 Å². The Balaban J connectivity index is 1.89. The van der Waals surface area contributed by atoms with Gasteiger partial charge in [0.05, 0.1) is 17.3 Å². The number of hydrogen-bond donors (Lipinski definition) is 0. The molecule has 1 amide bonds. The summed E-state index contributed by atoms with van der Waals surface area (Å²) in [7, 11) is 1.63. The Labute approximate surface area is 174 Å². The average molecular weight is 448 g/mol. The molecule has 0 unspecified atom stereocenters. The van der Waals surface area contributed by atoms with Crippen LogP contribution in [0.2, 0.25) is 0 Å². The minimum absolute atomic E-state index is 0.312. The van der Waals surface area contributed by atoms with Crippen molar-refractivity contribution in [1.82, 2.24) is 0 Å². The third-order valence-corrected chi connectivity index (χ3v) is 5.30. The van der Waals surface area contributed by atoms with Crippen molar-refractivity contribution in [2.75, 3.05) is 18.6 Å². The molecule has 0 saturated heterocycles. The van der Waals surface area contributed by atoms with E-state index in [1.807, 2.05) is 58.9 Å². The quantitative estimate of drug-likeness (QED) is 0.564. The topological polar surface area (TPSA) is 48.0 Å². The maximum atomic E-state index is 12.5. The largest absolute Gasteiger partial charge is 0.495 e. The molecule has 0 spiro atoms. The van der Waals surface area contributed by atoms with Gasteiger partial charge in [0.15, 0.2) is 0 Å². The molecular weight excluding hydrogens is 422 g/mol. The fourth-order valence-corrected chi connectivity index (χ4v) is 3.89. The standard InChI is InChI=1S/C22H26BrNO4/c1-13-11-16(23)20(26-6)12-19(13)27-18-8-7-17-15(14(18)2)9-10-24(17)21(25)28-22(3,4)5/h7-8,11-12H,9-10H2,1-6H3. The molecule has 1 heterocycles. The summed E-state index contributed by atoms with van der Waals surface area (Å²) in [4.78, 5) is 14.2. The van der Waals surface area contributed by atoms with Gasteiger partial charge in [-0.05, 0) is 91.9 Å². The molecule has 2 aromatic carbocycles. The highest BCUT2D eigenvalue weighted by Crippen LogP contribution is 2.40. The zero-order chi connectivity index (χ0) is 20.6. The summed E-state index contributed by atoms with van der Waals surface area (Å²) in [6.07, 6.45) is 0.466. The average Bonchev–Trinajstić information content (AvgIpc) is 3.03. The van der Waals surface area contributed by atoms with Crippen LogP contribution >= 0.6 is 15.9 Å². The molecule has 150 valence electrons. The van der Waals surface area contributed by atoms with Crippen molar-refractivity contribution in [2.45, 2.75) is 46.6 Å². The summed E-state index contributed by atoms with van der Waals surface area (Å²) in [5.74, 6) is 2.23. The number of fused-ring (bicyclic) bond motifs is 1. The van der Waals surface area contributed by atoms with E-state index < -0.39 is 5.60 Å². The normalized spacial score (nSPS) is 13.3. The number of rotatable bonds is 3. The van der Waals surface area contributed by atoms with E-state index in [0.717, 1.165) is 50.5 Å².